The van der Waals surface area contributed by atoms with Gasteiger partial charge in [0.15, 0.2) is 11.5 Å². The van der Waals surface area contributed by atoms with Crippen molar-refractivity contribution in [2.45, 2.75) is 19.9 Å². The standard InChI is InChI=1S/C17H22N2O3S/c1-11(2)16(15-6-5-9-23-15)19-17(20)18-12-7-8-13(21-3)14(10-12)22-4/h5-11,16H,1-4H3,(H2,18,19,20). The predicted molar refractivity (Wildman–Crippen MR) is 93.6 cm³/mol. The van der Waals surface area contributed by atoms with Gasteiger partial charge in [0.2, 0.25) is 0 Å². The Bertz CT molecular complexity index is 641. The minimum absolute atomic E-state index is 0.0184. The van der Waals surface area contributed by atoms with E-state index in [1.165, 1.54) is 0 Å². The van der Waals surface area contributed by atoms with E-state index in [1.54, 1.807) is 43.8 Å². The lowest BCUT2D eigenvalue weighted by atomic mass is 10.0. The molecule has 2 aromatic rings. The Hall–Kier alpha value is -2.21. The summed E-state index contributed by atoms with van der Waals surface area (Å²) in [4.78, 5) is 13.4. The first-order chi connectivity index (χ1) is 11.0. The van der Waals surface area contributed by atoms with Crippen LogP contribution in [-0.2, 0) is 0 Å². The number of amides is 2. The molecule has 0 fully saturated rings. The zero-order chi connectivity index (χ0) is 16.8. The van der Waals surface area contributed by atoms with E-state index in [1.807, 2.05) is 17.5 Å². The molecule has 1 unspecified atom stereocenters. The number of rotatable bonds is 6. The van der Waals surface area contributed by atoms with Crippen LogP contribution in [0.1, 0.15) is 24.8 Å². The van der Waals surface area contributed by atoms with Gasteiger partial charge in [0, 0.05) is 16.6 Å². The lowest BCUT2D eigenvalue weighted by molar-refractivity contribution is 0.245. The summed E-state index contributed by atoms with van der Waals surface area (Å²) in [6.07, 6.45) is 0. The van der Waals surface area contributed by atoms with E-state index in [4.69, 9.17) is 9.47 Å². The lowest BCUT2D eigenvalue weighted by Gasteiger charge is -2.21. The average Bonchev–Trinajstić information content (AvgIpc) is 3.06. The molecule has 5 nitrogen and oxygen atoms in total. The molecule has 1 aromatic carbocycles. The maximum absolute atomic E-state index is 12.3. The van der Waals surface area contributed by atoms with Crippen LogP contribution in [0.4, 0.5) is 10.5 Å². The van der Waals surface area contributed by atoms with E-state index < -0.39 is 0 Å². The van der Waals surface area contributed by atoms with Crippen LogP contribution < -0.4 is 20.1 Å². The molecule has 0 saturated heterocycles. The fourth-order valence-corrected chi connectivity index (χ4v) is 3.21. The Morgan fingerprint density at radius 2 is 1.87 bits per heavy atom. The molecule has 2 amide bonds. The highest BCUT2D eigenvalue weighted by molar-refractivity contribution is 7.10. The molecule has 1 aromatic heterocycles. The number of urea groups is 1. The van der Waals surface area contributed by atoms with Crippen molar-refractivity contribution in [2.75, 3.05) is 19.5 Å². The quantitative estimate of drug-likeness (QED) is 0.829. The van der Waals surface area contributed by atoms with Crippen LogP contribution in [0.3, 0.4) is 0 Å². The van der Waals surface area contributed by atoms with E-state index in [2.05, 4.69) is 24.5 Å². The van der Waals surface area contributed by atoms with Crippen molar-refractivity contribution < 1.29 is 14.3 Å². The van der Waals surface area contributed by atoms with E-state index in [-0.39, 0.29) is 12.1 Å². The first-order valence-electron chi connectivity index (χ1n) is 7.38. The molecular formula is C17H22N2O3S. The van der Waals surface area contributed by atoms with Gasteiger partial charge in [-0.25, -0.2) is 4.79 Å². The van der Waals surface area contributed by atoms with Crippen molar-refractivity contribution >= 4 is 23.1 Å². The summed E-state index contributed by atoms with van der Waals surface area (Å²) >= 11 is 1.64. The Kier molecular flexibility index (Phi) is 5.87. The minimum atomic E-state index is -0.246. The molecular weight excluding hydrogens is 312 g/mol. The number of anilines is 1. The first-order valence-corrected chi connectivity index (χ1v) is 8.26. The van der Waals surface area contributed by atoms with Gasteiger partial charge in [0.25, 0.3) is 0 Å². The third kappa shape index (κ3) is 4.39. The van der Waals surface area contributed by atoms with Crippen molar-refractivity contribution in [3.8, 4) is 11.5 Å². The highest BCUT2D eigenvalue weighted by atomic mass is 32.1. The summed E-state index contributed by atoms with van der Waals surface area (Å²) < 4.78 is 10.4. The van der Waals surface area contributed by atoms with Crippen LogP contribution in [0.5, 0.6) is 11.5 Å². The van der Waals surface area contributed by atoms with E-state index in [0.29, 0.717) is 23.1 Å². The molecule has 2 N–H and O–H groups in total. The molecule has 124 valence electrons. The minimum Gasteiger partial charge on any atom is -0.493 e. The smallest absolute Gasteiger partial charge is 0.319 e. The molecule has 2 rings (SSSR count). The predicted octanol–water partition coefficient (Wildman–Crippen LogP) is 4.28. The highest BCUT2D eigenvalue weighted by Crippen LogP contribution is 2.30. The number of carbonyl (C=O) groups excluding carboxylic acids is 1. The van der Waals surface area contributed by atoms with E-state index >= 15 is 0 Å². The Balaban J connectivity index is 2.06. The van der Waals surface area contributed by atoms with Crippen molar-refractivity contribution in [1.82, 2.24) is 5.32 Å². The zero-order valence-corrected chi connectivity index (χ0v) is 14.6. The van der Waals surface area contributed by atoms with Gasteiger partial charge in [-0.1, -0.05) is 19.9 Å². The van der Waals surface area contributed by atoms with Gasteiger partial charge in [-0.05, 0) is 29.5 Å². The van der Waals surface area contributed by atoms with Gasteiger partial charge in [-0.3, -0.25) is 0 Å². The number of nitrogens with one attached hydrogen (secondary N) is 2. The summed E-state index contributed by atoms with van der Waals surface area (Å²) in [7, 11) is 3.14. The number of carbonyl (C=O) groups is 1. The van der Waals surface area contributed by atoms with Gasteiger partial charge < -0.3 is 20.1 Å². The Morgan fingerprint density at radius 1 is 1.13 bits per heavy atom. The van der Waals surface area contributed by atoms with Crippen LogP contribution in [0.25, 0.3) is 0 Å². The fourth-order valence-electron chi connectivity index (χ4n) is 2.26. The molecule has 23 heavy (non-hydrogen) atoms. The molecule has 1 heterocycles. The molecule has 0 aliphatic carbocycles. The van der Waals surface area contributed by atoms with Gasteiger partial charge in [-0.2, -0.15) is 0 Å². The summed E-state index contributed by atoms with van der Waals surface area (Å²) in [6.45, 7) is 4.17. The highest BCUT2D eigenvalue weighted by Gasteiger charge is 2.19. The van der Waals surface area contributed by atoms with Crippen LogP contribution in [0.15, 0.2) is 35.7 Å². The molecule has 0 aliphatic heterocycles. The Morgan fingerprint density at radius 3 is 2.43 bits per heavy atom. The van der Waals surface area contributed by atoms with Crippen molar-refractivity contribution in [2.24, 2.45) is 5.92 Å². The normalized spacial score (nSPS) is 11.9. The van der Waals surface area contributed by atoms with Crippen LogP contribution in [-0.4, -0.2) is 20.3 Å². The van der Waals surface area contributed by atoms with Gasteiger partial charge in [0.05, 0.1) is 20.3 Å². The number of hydrogen-bond donors (Lipinski definition) is 2. The third-order valence-corrected chi connectivity index (χ3v) is 4.40. The van der Waals surface area contributed by atoms with E-state index in [0.717, 1.165) is 4.88 Å². The largest absolute Gasteiger partial charge is 0.493 e. The number of benzene rings is 1. The molecule has 0 spiro atoms. The van der Waals surface area contributed by atoms with Crippen molar-refractivity contribution in [3.05, 3.63) is 40.6 Å². The fraction of sp³-hybridized carbons (Fsp3) is 0.353. The molecule has 0 saturated carbocycles. The second-order valence-corrected chi connectivity index (χ2v) is 6.38. The number of hydrogen-bond acceptors (Lipinski definition) is 4. The zero-order valence-electron chi connectivity index (χ0n) is 13.8. The van der Waals surface area contributed by atoms with Crippen LogP contribution >= 0.6 is 11.3 Å². The summed E-state index contributed by atoms with van der Waals surface area (Å²) in [6, 6.07) is 9.02. The summed E-state index contributed by atoms with van der Waals surface area (Å²) in [5.74, 6) is 1.49. The maximum atomic E-state index is 12.3. The second kappa shape index (κ2) is 7.87. The monoisotopic (exact) mass is 334 g/mol. The van der Waals surface area contributed by atoms with Gasteiger partial charge in [-0.15, -0.1) is 11.3 Å². The molecule has 1 atom stereocenters. The SMILES string of the molecule is COc1ccc(NC(=O)NC(c2cccs2)C(C)C)cc1OC. The summed E-state index contributed by atoms with van der Waals surface area (Å²) in [5, 5.41) is 7.87. The number of thiophene rings is 1. The molecule has 6 heteroatoms. The van der Waals surface area contributed by atoms with Gasteiger partial charge in [0.1, 0.15) is 0 Å². The molecule has 0 aliphatic rings. The van der Waals surface area contributed by atoms with Crippen molar-refractivity contribution in [1.29, 1.82) is 0 Å². The van der Waals surface area contributed by atoms with Crippen molar-refractivity contribution in [3.63, 3.8) is 0 Å². The third-order valence-electron chi connectivity index (χ3n) is 3.44. The second-order valence-electron chi connectivity index (χ2n) is 5.41. The average molecular weight is 334 g/mol. The topological polar surface area (TPSA) is 59.6 Å². The molecule has 0 bridgehead atoms. The van der Waals surface area contributed by atoms with E-state index in [9.17, 15) is 4.79 Å². The summed E-state index contributed by atoms with van der Waals surface area (Å²) in [5.41, 5.74) is 0.647. The Labute approximate surface area is 140 Å². The maximum Gasteiger partial charge on any atom is 0.319 e. The first kappa shape index (κ1) is 17.1. The molecule has 0 radical (unpaired) electrons. The van der Waals surface area contributed by atoms with Crippen LogP contribution in [0, 0.1) is 5.92 Å². The van der Waals surface area contributed by atoms with Crippen LogP contribution in [0.2, 0.25) is 0 Å². The number of ether oxygens (including phenoxy) is 2. The van der Waals surface area contributed by atoms with Gasteiger partial charge >= 0.3 is 6.03 Å². The lowest BCUT2D eigenvalue weighted by Crippen LogP contribution is -2.34. The number of methoxy groups -OCH3 is 2.